The predicted octanol–water partition coefficient (Wildman–Crippen LogP) is 0.780. The molecule has 4 unspecified atom stereocenters. The summed E-state index contributed by atoms with van der Waals surface area (Å²) >= 11 is 0. The maximum Gasteiger partial charge on any atom is 0.332 e. The van der Waals surface area contributed by atoms with Crippen molar-refractivity contribution >= 4 is 23.9 Å². The first kappa shape index (κ1) is 29.7. The van der Waals surface area contributed by atoms with Crippen LogP contribution in [0.25, 0.3) is 0 Å². The van der Waals surface area contributed by atoms with E-state index in [0.29, 0.717) is 0 Å². The van der Waals surface area contributed by atoms with Gasteiger partial charge in [-0.15, -0.1) is 0 Å². The van der Waals surface area contributed by atoms with E-state index in [1.165, 1.54) is 0 Å². The van der Waals surface area contributed by atoms with E-state index >= 15 is 0 Å². The largest absolute Gasteiger partial charge is 0.431 e. The van der Waals surface area contributed by atoms with Gasteiger partial charge in [-0.1, -0.05) is 26.3 Å². The molecule has 0 saturated carbocycles. The lowest BCUT2D eigenvalue weighted by molar-refractivity contribution is -0.382. The summed E-state index contributed by atoms with van der Waals surface area (Å²) in [6.45, 7) is 13.2. The van der Waals surface area contributed by atoms with E-state index in [4.69, 9.17) is 37.9 Å². The van der Waals surface area contributed by atoms with Gasteiger partial charge in [-0.3, -0.25) is 0 Å². The predicted molar refractivity (Wildman–Crippen MR) is 111 cm³/mol. The zero-order valence-electron chi connectivity index (χ0n) is 18.8. The van der Waals surface area contributed by atoms with Gasteiger partial charge in [-0.25, -0.2) is 19.2 Å². The topological polar surface area (TPSA) is 142 Å². The molecule has 33 heavy (non-hydrogen) atoms. The SMILES string of the molecule is C=CC(=O)OC(OC)C(C(OC)OC(=O)C=C)(C(OC)OC(=O)C=C)C(OC)OC(=O)C=C. The van der Waals surface area contributed by atoms with Crippen LogP contribution in [0.4, 0.5) is 0 Å². The first-order chi connectivity index (χ1) is 15.7. The quantitative estimate of drug-likeness (QED) is 0.136. The summed E-state index contributed by atoms with van der Waals surface area (Å²) in [5.41, 5.74) is -2.36. The van der Waals surface area contributed by atoms with Gasteiger partial charge < -0.3 is 37.9 Å². The van der Waals surface area contributed by atoms with Gasteiger partial charge in [0.15, 0.2) is 0 Å². The van der Waals surface area contributed by atoms with E-state index in [9.17, 15) is 19.2 Å². The molecule has 184 valence electrons. The summed E-state index contributed by atoms with van der Waals surface area (Å²) in [6, 6.07) is 0. The molecule has 12 heteroatoms. The van der Waals surface area contributed by atoms with Crippen LogP contribution in [0, 0.1) is 5.41 Å². The van der Waals surface area contributed by atoms with Gasteiger partial charge in [0.2, 0.25) is 30.6 Å². The monoisotopic (exact) mass is 472 g/mol. The Morgan fingerprint density at radius 1 is 0.515 bits per heavy atom. The average Bonchev–Trinajstić information content (AvgIpc) is 2.84. The lowest BCUT2D eigenvalue weighted by Gasteiger charge is -2.47. The summed E-state index contributed by atoms with van der Waals surface area (Å²) < 4.78 is 42.2. The van der Waals surface area contributed by atoms with Crippen molar-refractivity contribution in [2.45, 2.75) is 25.2 Å². The minimum absolute atomic E-state index is 0.795. The fourth-order valence-corrected chi connectivity index (χ4v) is 2.70. The minimum atomic E-state index is -2.36. The zero-order chi connectivity index (χ0) is 25.6. The molecule has 0 fully saturated rings. The second kappa shape index (κ2) is 14.7. The lowest BCUT2D eigenvalue weighted by atomic mass is 9.83. The highest BCUT2D eigenvalue weighted by molar-refractivity contribution is 5.83. The second-order valence-electron chi connectivity index (χ2n) is 5.83. The van der Waals surface area contributed by atoms with E-state index in [2.05, 4.69) is 26.3 Å². The highest BCUT2D eigenvalue weighted by Crippen LogP contribution is 2.43. The molecule has 12 nitrogen and oxygen atoms in total. The van der Waals surface area contributed by atoms with Crippen LogP contribution in [0.3, 0.4) is 0 Å². The number of hydrogen-bond donors (Lipinski definition) is 0. The third-order valence-electron chi connectivity index (χ3n) is 4.05. The van der Waals surface area contributed by atoms with Crippen LogP contribution in [0.5, 0.6) is 0 Å². The Morgan fingerprint density at radius 2 is 0.697 bits per heavy atom. The lowest BCUT2D eigenvalue weighted by Crippen LogP contribution is -2.66. The molecule has 0 aliphatic carbocycles. The smallest absolute Gasteiger partial charge is 0.332 e. The Morgan fingerprint density at radius 3 is 0.818 bits per heavy atom. The van der Waals surface area contributed by atoms with Gasteiger partial charge in [0.1, 0.15) is 0 Å². The molecule has 0 saturated heterocycles. The molecular weight excluding hydrogens is 444 g/mol. The Balaban J connectivity index is 7.30. The molecule has 0 radical (unpaired) electrons. The van der Waals surface area contributed by atoms with Gasteiger partial charge in [0, 0.05) is 52.7 Å². The number of hydrogen-bond acceptors (Lipinski definition) is 12. The first-order valence-corrected chi connectivity index (χ1v) is 9.09. The normalized spacial score (nSPS) is 15.9. The summed E-state index contributed by atoms with van der Waals surface area (Å²) in [6.07, 6.45) is -4.28. The summed E-state index contributed by atoms with van der Waals surface area (Å²) in [5, 5.41) is 0. The number of ether oxygens (including phenoxy) is 8. The number of carbonyl (C=O) groups excluding carboxylic acids is 4. The first-order valence-electron chi connectivity index (χ1n) is 9.09. The van der Waals surface area contributed by atoms with Crippen molar-refractivity contribution in [2.24, 2.45) is 5.41 Å². The van der Waals surface area contributed by atoms with Crippen molar-refractivity contribution in [1.29, 1.82) is 0 Å². The van der Waals surface area contributed by atoms with Crippen molar-refractivity contribution in [1.82, 2.24) is 0 Å². The van der Waals surface area contributed by atoms with Gasteiger partial charge in [0.25, 0.3) is 0 Å². The third kappa shape index (κ3) is 7.36. The molecule has 0 aromatic rings. The summed E-state index contributed by atoms with van der Waals surface area (Å²) in [5.74, 6) is -4.09. The van der Waals surface area contributed by atoms with Gasteiger partial charge >= 0.3 is 23.9 Å². The van der Waals surface area contributed by atoms with Gasteiger partial charge in [-0.2, -0.15) is 0 Å². The third-order valence-corrected chi connectivity index (χ3v) is 4.05. The summed E-state index contributed by atoms with van der Waals surface area (Å²) in [7, 11) is 4.34. The summed E-state index contributed by atoms with van der Waals surface area (Å²) in [4.78, 5) is 48.3. The van der Waals surface area contributed by atoms with Crippen molar-refractivity contribution in [2.75, 3.05) is 28.4 Å². The van der Waals surface area contributed by atoms with Gasteiger partial charge in [-0.05, 0) is 0 Å². The van der Waals surface area contributed by atoms with Crippen LogP contribution in [-0.4, -0.2) is 77.5 Å². The Bertz CT molecular complexity index is 618. The molecule has 0 amide bonds. The van der Waals surface area contributed by atoms with Crippen molar-refractivity contribution < 1.29 is 57.1 Å². The van der Waals surface area contributed by atoms with Crippen LogP contribution in [0.2, 0.25) is 0 Å². The molecule has 0 bridgehead atoms. The minimum Gasteiger partial charge on any atom is -0.431 e. The van der Waals surface area contributed by atoms with Crippen molar-refractivity contribution in [3.8, 4) is 0 Å². The molecule has 0 rings (SSSR count). The van der Waals surface area contributed by atoms with Gasteiger partial charge in [0.05, 0.1) is 0 Å². The van der Waals surface area contributed by atoms with Crippen LogP contribution < -0.4 is 0 Å². The zero-order valence-corrected chi connectivity index (χ0v) is 18.8. The molecule has 0 spiro atoms. The Hall–Kier alpha value is -3.32. The molecule has 0 heterocycles. The second-order valence-corrected chi connectivity index (χ2v) is 5.83. The van der Waals surface area contributed by atoms with Crippen LogP contribution in [0.1, 0.15) is 0 Å². The fraction of sp³-hybridized carbons (Fsp3) is 0.429. The maximum atomic E-state index is 12.1. The molecule has 4 atom stereocenters. The van der Waals surface area contributed by atoms with Crippen LogP contribution >= 0.6 is 0 Å². The molecule has 0 aliphatic rings. The molecule has 0 aromatic heterocycles. The van der Waals surface area contributed by atoms with Crippen molar-refractivity contribution in [3.63, 3.8) is 0 Å². The van der Waals surface area contributed by atoms with E-state index in [-0.39, 0.29) is 0 Å². The van der Waals surface area contributed by atoms with E-state index < -0.39 is 54.5 Å². The molecule has 0 aromatic carbocycles. The number of rotatable bonds is 16. The Labute approximate surface area is 191 Å². The van der Waals surface area contributed by atoms with Crippen LogP contribution in [-0.2, 0) is 57.1 Å². The molecular formula is C21H28O12. The van der Waals surface area contributed by atoms with Crippen molar-refractivity contribution in [3.05, 3.63) is 50.6 Å². The van der Waals surface area contributed by atoms with E-state index in [0.717, 1.165) is 52.7 Å². The molecule has 0 aliphatic heterocycles. The van der Waals surface area contributed by atoms with E-state index in [1.807, 2.05) is 0 Å². The highest BCUT2D eigenvalue weighted by Gasteiger charge is 2.66. The van der Waals surface area contributed by atoms with Crippen LogP contribution in [0.15, 0.2) is 50.6 Å². The number of methoxy groups -OCH3 is 4. The average molecular weight is 472 g/mol. The maximum absolute atomic E-state index is 12.1. The highest BCUT2D eigenvalue weighted by atomic mass is 16.8. The van der Waals surface area contributed by atoms with E-state index in [1.54, 1.807) is 0 Å². The Kier molecular flexibility index (Phi) is 13.2. The molecule has 0 N–H and O–H groups in total. The number of esters is 4. The standard InChI is InChI=1S/C21H28O12/c1-9-13(22)30-17(26-5)21(18(27-6)31-14(23)10-2,19(28-7)32-15(24)11-3)20(29-8)33-16(25)12-4/h9-12,17-20H,1-4H2,5-8H3. The number of carbonyl (C=O) groups is 4. The fourth-order valence-electron chi connectivity index (χ4n) is 2.70.